The van der Waals surface area contributed by atoms with Gasteiger partial charge in [0.25, 0.3) is 5.91 Å². The van der Waals surface area contributed by atoms with Crippen molar-refractivity contribution in [1.82, 2.24) is 9.97 Å². The Labute approximate surface area is 108 Å². The van der Waals surface area contributed by atoms with Gasteiger partial charge in [0, 0.05) is 12.1 Å². The Balaban J connectivity index is 1.84. The summed E-state index contributed by atoms with van der Waals surface area (Å²) in [6, 6.07) is 10.4. The molecule has 1 amide bonds. The summed E-state index contributed by atoms with van der Waals surface area (Å²) in [6.07, 6.45) is 2.54. The van der Waals surface area contributed by atoms with Gasteiger partial charge in [-0.1, -0.05) is 12.1 Å². The first-order valence-electron chi connectivity index (χ1n) is 5.67. The molecule has 0 saturated carbocycles. The Hall–Kier alpha value is -2.89. The monoisotopic (exact) mass is 254 g/mol. The molecule has 3 aromatic rings. The van der Waals surface area contributed by atoms with Gasteiger partial charge in [0.2, 0.25) is 5.95 Å². The van der Waals surface area contributed by atoms with E-state index in [1.54, 1.807) is 0 Å². The molecule has 6 nitrogen and oxygen atoms in total. The second-order valence-corrected chi connectivity index (χ2v) is 4.00. The summed E-state index contributed by atoms with van der Waals surface area (Å²) in [4.78, 5) is 19.2. The minimum Gasteiger partial charge on any atom is -0.619 e. The van der Waals surface area contributed by atoms with Crippen molar-refractivity contribution in [2.75, 3.05) is 5.32 Å². The van der Waals surface area contributed by atoms with Gasteiger partial charge in [0.05, 0.1) is 16.6 Å². The molecule has 0 fully saturated rings. The molecule has 1 aromatic carbocycles. The second kappa shape index (κ2) is 4.41. The Morgan fingerprint density at radius 2 is 1.95 bits per heavy atom. The standard InChI is InChI=1S/C13H10N4O2/c18-12(9-5-7-17(19)8-6-9)16-13-14-10-3-1-2-4-11(10)15-13/h1-8H,(H2,14,15,16,18). The zero-order chi connectivity index (χ0) is 13.2. The maximum atomic E-state index is 11.9. The molecule has 0 unspecified atom stereocenters. The van der Waals surface area contributed by atoms with E-state index >= 15 is 0 Å². The highest BCUT2D eigenvalue weighted by atomic mass is 16.5. The lowest BCUT2D eigenvalue weighted by atomic mass is 10.2. The molecule has 0 aliphatic heterocycles. The molecule has 6 heteroatoms. The third kappa shape index (κ3) is 2.23. The Kier molecular flexibility index (Phi) is 2.60. The molecular formula is C13H10N4O2. The van der Waals surface area contributed by atoms with E-state index in [4.69, 9.17) is 0 Å². The number of fused-ring (bicyclic) bond motifs is 1. The molecule has 2 heterocycles. The summed E-state index contributed by atoms with van der Waals surface area (Å²) in [7, 11) is 0. The first-order chi connectivity index (χ1) is 9.22. The number of carbonyl (C=O) groups is 1. The number of para-hydroxylation sites is 2. The van der Waals surface area contributed by atoms with E-state index in [2.05, 4.69) is 15.3 Å². The number of anilines is 1. The number of aromatic amines is 1. The van der Waals surface area contributed by atoms with Crippen LogP contribution in [0.4, 0.5) is 5.95 Å². The van der Waals surface area contributed by atoms with Crippen molar-refractivity contribution >= 4 is 22.9 Å². The minimum atomic E-state index is -0.320. The number of rotatable bonds is 2. The highest BCUT2D eigenvalue weighted by Gasteiger charge is 2.09. The van der Waals surface area contributed by atoms with Crippen molar-refractivity contribution in [3.63, 3.8) is 0 Å². The normalized spacial score (nSPS) is 10.5. The largest absolute Gasteiger partial charge is 0.619 e. The molecule has 0 spiro atoms. The zero-order valence-corrected chi connectivity index (χ0v) is 9.83. The van der Waals surface area contributed by atoms with Gasteiger partial charge >= 0.3 is 0 Å². The van der Waals surface area contributed by atoms with Crippen LogP contribution in [-0.4, -0.2) is 15.9 Å². The van der Waals surface area contributed by atoms with Crippen molar-refractivity contribution in [2.24, 2.45) is 0 Å². The van der Waals surface area contributed by atoms with Crippen molar-refractivity contribution in [3.05, 3.63) is 59.6 Å². The number of carbonyl (C=O) groups excluding carboxylic acids is 1. The first-order valence-corrected chi connectivity index (χ1v) is 5.67. The lowest BCUT2D eigenvalue weighted by molar-refractivity contribution is -0.605. The van der Waals surface area contributed by atoms with Crippen molar-refractivity contribution in [2.45, 2.75) is 0 Å². The van der Waals surface area contributed by atoms with E-state index in [9.17, 15) is 10.0 Å². The zero-order valence-electron chi connectivity index (χ0n) is 9.83. The molecule has 0 aliphatic rings. The number of nitrogens with one attached hydrogen (secondary N) is 2. The summed E-state index contributed by atoms with van der Waals surface area (Å²) >= 11 is 0. The maximum absolute atomic E-state index is 11.9. The van der Waals surface area contributed by atoms with Crippen molar-refractivity contribution < 1.29 is 9.52 Å². The van der Waals surface area contributed by atoms with E-state index in [0.717, 1.165) is 11.0 Å². The summed E-state index contributed by atoms with van der Waals surface area (Å²) in [5.74, 6) is 0.0599. The summed E-state index contributed by atoms with van der Waals surface area (Å²) in [5, 5.41) is 13.5. The number of amides is 1. The molecular weight excluding hydrogens is 244 g/mol. The van der Waals surface area contributed by atoms with E-state index in [1.165, 1.54) is 24.5 Å². The third-order valence-corrected chi connectivity index (χ3v) is 2.69. The van der Waals surface area contributed by atoms with Crippen LogP contribution >= 0.6 is 0 Å². The fraction of sp³-hybridized carbons (Fsp3) is 0. The van der Waals surface area contributed by atoms with E-state index in [-0.39, 0.29) is 5.91 Å². The van der Waals surface area contributed by atoms with Crippen LogP contribution < -0.4 is 10.0 Å². The maximum Gasteiger partial charge on any atom is 0.258 e. The lowest BCUT2D eigenvalue weighted by Crippen LogP contribution is -2.25. The molecule has 0 radical (unpaired) electrons. The Bertz CT molecular complexity index is 701. The molecule has 0 aliphatic carbocycles. The molecule has 0 atom stereocenters. The first kappa shape index (κ1) is 11.2. The minimum absolute atomic E-state index is 0.320. The number of H-pyrrole nitrogens is 1. The number of benzene rings is 1. The molecule has 94 valence electrons. The number of pyridine rings is 1. The van der Waals surface area contributed by atoms with Crippen molar-refractivity contribution in [1.29, 1.82) is 0 Å². The third-order valence-electron chi connectivity index (χ3n) is 2.69. The van der Waals surface area contributed by atoms with Crippen LogP contribution in [0.15, 0.2) is 48.8 Å². The van der Waals surface area contributed by atoms with Crippen LogP contribution in [0, 0.1) is 5.21 Å². The van der Waals surface area contributed by atoms with Crippen LogP contribution in [0.2, 0.25) is 0 Å². The Morgan fingerprint density at radius 1 is 1.21 bits per heavy atom. The van der Waals surface area contributed by atoms with E-state index in [1.807, 2.05) is 24.3 Å². The topological polar surface area (TPSA) is 84.7 Å². The number of hydrogen-bond acceptors (Lipinski definition) is 3. The van der Waals surface area contributed by atoms with Gasteiger partial charge in [-0.15, -0.1) is 0 Å². The van der Waals surface area contributed by atoms with Gasteiger partial charge < -0.3 is 10.2 Å². The second-order valence-electron chi connectivity index (χ2n) is 4.00. The number of imidazole rings is 1. The van der Waals surface area contributed by atoms with Crippen LogP contribution in [0.25, 0.3) is 11.0 Å². The summed E-state index contributed by atoms with van der Waals surface area (Å²) in [5.41, 5.74) is 2.03. The molecule has 0 saturated heterocycles. The van der Waals surface area contributed by atoms with Crippen LogP contribution in [-0.2, 0) is 0 Å². The van der Waals surface area contributed by atoms with Crippen molar-refractivity contribution in [3.8, 4) is 0 Å². The number of aromatic nitrogens is 3. The van der Waals surface area contributed by atoms with Gasteiger partial charge in [-0.2, -0.15) is 4.73 Å². The molecule has 0 bridgehead atoms. The van der Waals surface area contributed by atoms with Crippen LogP contribution in [0.3, 0.4) is 0 Å². The highest BCUT2D eigenvalue weighted by Crippen LogP contribution is 2.13. The van der Waals surface area contributed by atoms with E-state index in [0.29, 0.717) is 16.2 Å². The smallest absolute Gasteiger partial charge is 0.258 e. The molecule has 3 rings (SSSR count). The fourth-order valence-corrected chi connectivity index (χ4v) is 1.76. The van der Waals surface area contributed by atoms with Crippen LogP contribution in [0.5, 0.6) is 0 Å². The molecule has 2 aromatic heterocycles. The molecule has 2 N–H and O–H groups in total. The van der Waals surface area contributed by atoms with Crippen LogP contribution in [0.1, 0.15) is 10.4 Å². The molecule has 19 heavy (non-hydrogen) atoms. The number of hydrogen-bond donors (Lipinski definition) is 2. The predicted molar refractivity (Wildman–Crippen MR) is 69.4 cm³/mol. The van der Waals surface area contributed by atoms with Gasteiger partial charge in [-0.05, 0) is 12.1 Å². The Morgan fingerprint density at radius 3 is 2.68 bits per heavy atom. The van der Waals surface area contributed by atoms with Gasteiger partial charge in [0.15, 0.2) is 12.4 Å². The fourth-order valence-electron chi connectivity index (χ4n) is 1.76. The highest BCUT2D eigenvalue weighted by molar-refractivity contribution is 6.03. The SMILES string of the molecule is O=C(Nc1nc2ccccc2[nH]1)c1cc[n+]([O-])cc1. The average Bonchev–Trinajstić information content (AvgIpc) is 2.81. The number of nitrogens with zero attached hydrogens (tertiary/aromatic N) is 2. The summed E-state index contributed by atoms with van der Waals surface area (Å²) < 4.78 is 0.623. The van der Waals surface area contributed by atoms with Gasteiger partial charge in [-0.3, -0.25) is 10.1 Å². The predicted octanol–water partition coefficient (Wildman–Crippen LogP) is 1.45. The quantitative estimate of drug-likeness (QED) is 0.536. The van der Waals surface area contributed by atoms with E-state index < -0.39 is 0 Å². The van der Waals surface area contributed by atoms with Gasteiger partial charge in [-0.25, -0.2) is 4.98 Å². The average molecular weight is 254 g/mol. The van der Waals surface area contributed by atoms with Gasteiger partial charge in [0.1, 0.15) is 0 Å². The summed E-state index contributed by atoms with van der Waals surface area (Å²) in [6.45, 7) is 0. The lowest BCUT2D eigenvalue weighted by Gasteiger charge is -2.01.